The summed E-state index contributed by atoms with van der Waals surface area (Å²) >= 11 is 0. The summed E-state index contributed by atoms with van der Waals surface area (Å²) in [6.45, 7) is 0.358. The van der Waals surface area contributed by atoms with E-state index in [9.17, 15) is 9.59 Å². The van der Waals surface area contributed by atoms with E-state index in [1.165, 1.54) is 0 Å². The van der Waals surface area contributed by atoms with Gasteiger partial charge < -0.3 is 25.6 Å². The SMILES string of the molecule is O=C(CC(NCCO)C(=O)O)Nc1ccc(OCc2ccccc2)cc1. The van der Waals surface area contributed by atoms with Crippen molar-refractivity contribution < 1.29 is 24.5 Å². The highest BCUT2D eigenvalue weighted by Gasteiger charge is 2.20. The van der Waals surface area contributed by atoms with E-state index in [-0.39, 0.29) is 19.6 Å². The van der Waals surface area contributed by atoms with Crippen molar-refractivity contribution in [3.8, 4) is 5.75 Å². The third kappa shape index (κ3) is 6.54. The van der Waals surface area contributed by atoms with Crippen molar-refractivity contribution in [3.05, 3.63) is 60.2 Å². The lowest BCUT2D eigenvalue weighted by molar-refractivity contribution is -0.141. The molecule has 0 aliphatic heterocycles. The molecule has 0 spiro atoms. The number of hydrogen-bond donors (Lipinski definition) is 4. The van der Waals surface area contributed by atoms with Gasteiger partial charge in [0, 0.05) is 12.2 Å². The van der Waals surface area contributed by atoms with E-state index in [1.54, 1.807) is 24.3 Å². The molecule has 26 heavy (non-hydrogen) atoms. The van der Waals surface area contributed by atoms with Gasteiger partial charge >= 0.3 is 5.97 Å². The molecular formula is C19H22N2O5. The fourth-order valence-electron chi connectivity index (χ4n) is 2.26. The summed E-state index contributed by atoms with van der Waals surface area (Å²) in [5, 5.41) is 23.0. The molecule has 0 heterocycles. The smallest absolute Gasteiger partial charge is 0.321 e. The molecule has 0 saturated heterocycles. The second kappa shape index (κ2) is 10.2. The van der Waals surface area contributed by atoms with Gasteiger partial charge in [-0.2, -0.15) is 0 Å². The molecule has 0 aromatic heterocycles. The van der Waals surface area contributed by atoms with Gasteiger partial charge in [0.15, 0.2) is 0 Å². The first-order valence-electron chi connectivity index (χ1n) is 8.22. The van der Waals surface area contributed by atoms with E-state index < -0.39 is 17.9 Å². The van der Waals surface area contributed by atoms with Gasteiger partial charge in [-0.25, -0.2) is 0 Å². The number of nitrogens with one attached hydrogen (secondary N) is 2. The monoisotopic (exact) mass is 358 g/mol. The molecule has 0 aliphatic carbocycles. The molecule has 7 heteroatoms. The molecule has 2 aromatic rings. The lowest BCUT2D eigenvalue weighted by Gasteiger charge is -2.13. The van der Waals surface area contributed by atoms with Crippen LogP contribution in [0.5, 0.6) is 5.75 Å². The summed E-state index contributed by atoms with van der Waals surface area (Å²) in [4.78, 5) is 23.1. The third-order valence-corrected chi connectivity index (χ3v) is 3.58. The molecule has 2 aromatic carbocycles. The topological polar surface area (TPSA) is 108 Å². The summed E-state index contributed by atoms with van der Waals surface area (Å²) in [6, 6.07) is 15.6. The lowest BCUT2D eigenvalue weighted by atomic mass is 10.2. The third-order valence-electron chi connectivity index (χ3n) is 3.58. The van der Waals surface area contributed by atoms with Crippen molar-refractivity contribution in [2.24, 2.45) is 0 Å². The molecule has 0 radical (unpaired) electrons. The van der Waals surface area contributed by atoms with Crippen LogP contribution in [0, 0.1) is 0 Å². The highest BCUT2D eigenvalue weighted by molar-refractivity contribution is 5.94. The maximum Gasteiger partial charge on any atom is 0.321 e. The molecule has 7 nitrogen and oxygen atoms in total. The first-order valence-corrected chi connectivity index (χ1v) is 8.22. The first kappa shape index (κ1) is 19.4. The van der Waals surface area contributed by atoms with Crippen LogP contribution >= 0.6 is 0 Å². The number of ether oxygens (including phenoxy) is 1. The number of rotatable bonds is 10. The number of carbonyl (C=O) groups is 2. The molecular weight excluding hydrogens is 336 g/mol. The molecule has 1 atom stereocenters. The second-order valence-electron chi connectivity index (χ2n) is 5.62. The normalized spacial score (nSPS) is 11.6. The van der Waals surface area contributed by atoms with Gasteiger partial charge in [0.2, 0.25) is 5.91 Å². The second-order valence-corrected chi connectivity index (χ2v) is 5.62. The van der Waals surface area contributed by atoms with Crippen LogP contribution in [-0.2, 0) is 16.2 Å². The van der Waals surface area contributed by atoms with Crippen molar-refractivity contribution in [1.82, 2.24) is 5.32 Å². The summed E-state index contributed by atoms with van der Waals surface area (Å²) in [5.41, 5.74) is 1.60. The lowest BCUT2D eigenvalue weighted by Crippen LogP contribution is -2.41. The number of carbonyl (C=O) groups excluding carboxylic acids is 1. The zero-order valence-corrected chi connectivity index (χ0v) is 14.2. The molecule has 1 unspecified atom stereocenters. The molecule has 0 aliphatic rings. The molecule has 1 amide bonds. The minimum absolute atomic E-state index is 0.109. The number of benzene rings is 2. The predicted molar refractivity (Wildman–Crippen MR) is 97.0 cm³/mol. The standard InChI is InChI=1S/C19H22N2O5/c22-11-10-20-17(19(24)25)12-18(23)21-15-6-8-16(9-7-15)26-13-14-4-2-1-3-5-14/h1-9,17,20,22H,10-13H2,(H,21,23)(H,24,25). The van der Waals surface area contributed by atoms with Gasteiger partial charge in [-0.15, -0.1) is 0 Å². The Labute approximate surface area is 151 Å². The zero-order chi connectivity index (χ0) is 18.8. The minimum atomic E-state index is -1.14. The van der Waals surface area contributed by atoms with E-state index >= 15 is 0 Å². The van der Waals surface area contributed by atoms with Crippen LogP contribution in [0.1, 0.15) is 12.0 Å². The molecule has 0 bridgehead atoms. The number of aliphatic hydroxyl groups excluding tert-OH is 1. The van der Waals surface area contributed by atoms with Crippen LogP contribution in [-0.4, -0.2) is 41.3 Å². The number of carboxylic acids is 1. The summed E-state index contributed by atoms with van der Waals surface area (Å²) in [6.07, 6.45) is -0.235. The average Bonchev–Trinajstić information content (AvgIpc) is 2.65. The minimum Gasteiger partial charge on any atom is -0.489 e. The van der Waals surface area contributed by atoms with Crippen molar-refractivity contribution >= 4 is 17.6 Å². The Balaban J connectivity index is 1.83. The van der Waals surface area contributed by atoms with Crippen LogP contribution in [0.15, 0.2) is 54.6 Å². The number of aliphatic hydroxyl groups is 1. The number of aliphatic carboxylic acids is 1. The van der Waals surface area contributed by atoms with Gasteiger partial charge in [-0.1, -0.05) is 30.3 Å². The van der Waals surface area contributed by atoms with Crippen LogP contribution in [0.3, 0.4) is 0 Å². The van der Waals surface area contributed by atoms with E-state index in [0.717, 1.165) is 5.56 Å². The number of anilines is 1. The summed E-state index contributed by atoms with van der Waals surface area (Å²) in [5.74, 6) is -0.904. The van der Waals surface area contributed by atoms with E-state index in [0.29, 0.717) is 18.0 Å². The maximum absolute atomic E-state index is 12.0. The predicted octanol–water partition coefficient (Wildman–Crippen LogP) is 1.63. The van der Waals surface area contributed by atoms with Crippen LogP contribution in [0.25, 0.3) is 0 Å². The van der Waals surface area contributed by atoms with E-state index in [1.807, 2.05) is 30.3 Å². The Morgan fingerprint density at radius 2 is 1.73 bits per heavy atom. The van der Waals surface area contributed by atoms with E-state index in [2.05, 4.69) is 10.6 Å². The Morgan fingerprint density at radius 1 is 1.04 bits per heavy atom. The van der Waals surface area contributed by atoms with Gasteiger partial charge in [0.1, 0.15) is 18.4 Å². The van der Waals surface area contributed by atoms with Crippen LogP contribution in [0.4, 0.5) is 5.69 Å². The molecule has 4 N–H and O–H groups in total. The van der Waals surface area contributed by atoms with Crippen LogP contribution < -0.4 is 15.4 Å². The number of amides is 1. The van der Waals surface area contributed by atoms with Crippen molar-refractivity contribution in [3.63, 3.8) is 0 Å². The number of hydrogen-bond acceptors (Lipinski definition) is 5. The summed E-state index contributed by atoms with van der Waals surface area (Å²) in [7, 11) is 0. The highest BCUT2D eigenvalue weighted by Crippen LogP contribution is 2.17. The molecule has 0 saturated carbocycles. The van der Waals surface area contributed by atoms with Gasteiger partial charge in [-0.3, -0.25) is 9.59 Å². The quantitative estimate of drug-likeness (QED) is 0.514. The average molecular weight is 358 g/mol. The Morgan fingerprint density at radius 3 is 2.35 bits per heavy atom. The first-order chi connectivity index (χ1) is 12.6. The zero-order valence-electron chi connectivity index (χ0n) is 14.2. The summed E-state index contributed by atoms with van der Waals surface area (Å²) < 4.78 is 5.67. The Bertz CT molecular complexity index is 704. The van der Waals surface area contributed by atoms with Gasteiger partial charge in [0.25, 0.3) is 0 Å². The van der Waals surface area contributed by atoms with Gasteiger partial charge in [-0.05, 0) is 29.8 Å². The van der Waals surface area contributed by atoms with Crippen molar-refractivity contribution in [1.29, 1.82) is 0 Å². The Hall–Kier alpha value is -2.90. The Kier molecular flexibility index (Phi) is 7.60. The fourth-order valence-corrected chi connectivity index (χ4v) is 2.26. The van der Waals surface area contributed by atoms with Crippen LogP contribution in [0.2, 0.25) is 0 Å². The molecule has 0 fully saturated rings. The van der Waals surface area contributed by atoms with Gasteiger partial charge in [0.05, 0.1) is 13.0 Å². The largest absolute Gasteiger partial charge is 0.489 e. The molecule has 138 valence electrons. The fraction of sp³-hybridized carbons (Fsp3) is 0.263. The van der Waals surface area contributed by atoms with E-state index in [4.69, 9.17) is 14.9 Å². The maximum atomic E-state index is 12.0. The number of carboxylic acid groups (broad SMARTS) is 1. The van der Waals surface area contributed by atoms with Crippen molar-refractivity contribution in [2.45, 2.75) is 19.1 Å². The van der Waals surface area contributed by atoms with Crippen molar-refractivity contribution in [2.75, 3.05) is 18.5 Å². The highest BCUT2D eigenvalue weighted by atomic mass is 16.5. The molecule has 2 rings (SSSR count).